The van der Waals surface area contributed by atoms with Crippen molar-refractivity contribution in [1.29, 1.82) is 0 Å². The first-order valence-corrected chi connectivity index (χ1v) is 10.2. The third kappa shape index (κ3) is 2.53. The third-order valence-corrected chi connectivity index (χ3v) is 7.79. The highest BCUT2D eigenvalue weighted by atomic mass is 16.2. The smallest absolute Gasteiger partial charge is 0.240 e. The molecule has 0 aromatic heterocycles. The third-order valence-electron chi connectivity index (χ3n) is 7.79. The lowest BCUT2D eigenvalue weighted by Gasteiger charge is -2.54. The first-order chi connectivity index (χ1) is 12.1. The number of nitrogens with one attached hydrogen (secondary N) is 1. The molecule has 0 spiro atoms. The van der Waals surface area contributed by atoms with E-state index in [0.717, 1.165) is 37.5 Å². The maximum absolute atomic E-state index is 12.6. The summed E-state index contributed by atoms with van der Waals surface area (Å²) in [6.45, 7) is -0.0620. The summed E-state index contributed by atoms with van der Waals surface area (Å²) in [5, 5.41) is 3.23. The van der Waals surface area contributed by atoms with E-state index < -0.39 is 0 Å². The molecule has 4 bridgehead atoms. The van der Waals surface area contributed by atoms with Gasteiger partial charge in [-0.3, -0.25) is 19.3 Å². The van der Waals surface area contributed by atoms with Crippen LogP contribution >= 0.6 is 0 Å². The van der Waals surface area contributed by atoms with Crippen LogP contribution in [-0.2, 0) is 14.4 Å². The molecule has 5 aliphatic carbocycles. The second kappa shape index (κ2) is 5.82. The standard InChI is InChI=1S/C20H28N2O3/c23-17(10-22-19(24)15-3-1-2-4-16(15)20(22)25)21-18-13-6-11-5-12(8-13)9-14(18)7-11/h11-16,18H,1-10H2,(H,21,23). The van der Waals surface area contributed by atoms with Gasteiger partial charge in [-0.1, -0.05) is 12.8 Å². The lowest BCUT2D eigenvalue weighted by molar-refractivity contribution is -0.144. The monoisotopic (exact) mass is 344 g/mol. The minimum Gasteiger partial charge on any atom is -0.351 e. The molecule has 1 saturated heterocycles. The van der Waals surface area contributed by atoms with Crippen LogP contribution in [0.15, 0.2) is 0 Å². The van der Waals surface area contributed by atoms with Gasteiger partial charge in [0.15, 0.2) is 0 Å². The first-order valence-electron chi connectivity index (χ1n) is 10.2. The molecule has 6 aliphatic rings. The van der Waals surface area contributed by atoms with Gasteiger partial charge in [-0.2, -0.15) is 0 Å². The second-order valence-electron chi connectivity index (χ2n) is 9.28. The van der Waals surface area contributed by atoms with E-state index >= 15 is 0 Å². The Labute approximate surface area is 148 Å². The summed E-state index contributed by atoms with van der Waals surface area (Å²) in [6, 6.07) is 0.274. The van der Waals surface area contributed by atoms with Crippen LogP contribution in [0.4, 0.5) is 0 Å². The van der Waals surface area contributed by atoms with Crippen LogP contribution in [0.1, 0.15) is 57.8 Å². The zero-order chi connectivity index (χ0) is 17.1. The van der Waals surface area contributed by atoms with Gasteiger partial charge in [-0.05, 0) is 68.6 Å². The quantitative estimate of drug-likeness (QED) is 0.798. The summed E-state index contributed by atoms with van der Waals surface area (Å²) in [6.07, 6.45) is 10.1. The van der Waals surface area contributed by atoms with E-state index in [4.69, 9.17) is 0 Å². The number of fused-ring (bicyclic) bond motifs is 1. The van der Waals surface area contributed by atoms with Crippen LogP contribution in [0.3, 0.4) is 0 Å². The molecule has 25 heavy (non-hydrogen) atoms. The van der Waals surface area contributed by atoms with E-state index in [2.05, 4.69) is 5.32 Å². The van der Waals surface area contributed by atoms with Crippen molar-refractivity contribution >= 4 is 17.7 Å². The average molecular weight is 344 g/mol. The summed E-state index contributed by atoms with van der Waals surface area (Å²) in [4.78, 5) is 39.0. The molecule has 5 saturated carbocycles. The van der Waals surface area contributed by atoms with E-state index in [1.165, 1.54) is 37.0 Å². The van der Waals surface area contributed by atoms with Gasteiger partial charge in [0, 0.05) is 6.04 Å². The number of nitrogens with zero attached hydrogens (tertiary/aromatic N) is 1. The molecule has 5 heteroatoms. The van der Waals surface area contributed by atoms with Gasteiger partial charge >= 0.3 is 0 Å². The molecule has 0 aromatic rings. The van der Waals surface area contributed by atoms with Crippen LogP contribution in [0.25, 0.3) is 0 Å². The maximum atomic E-state index is 12.6. The van der Waals surface area contributed by atoms with Gasteiger partial charge in [-0.25, -0.2) is 0 Å². The van der Waals surface area contributed by atoms with Crippen LogP contribution in [0.2, 0.25) is 0 Å². The second-order valence-corrected chi connectivity index (χ2v) is 9.28. The molecular weight excluding hydrogens is 316 g/mol. The van der Waals surface area contributed by atoms with Crippen molar-refractivity contribution in [2.75, 3.05) is 6.54 Å². The number of carbonyl (C=O) groups is 3. The van der Waals surface area contributed by atoms with Crippen LogP contribution in [0.5, 0.6) is 0 Å². The molecule has 136 valence electrons. The normalized spacial score (nSPS) is 45.0. The SMILES string of the molecule is O=C(CN1C(=O)C2CCCCC2C1=O)NC1C2CC3CC(C2)CC1C3. The Morgan fingerprint density at radius 3 is 1.92 bits per heavy atom. The van der Waals surface area contributed by atoms with Crippen molar-refractivity contribution in [3.8, 4) is 0 Å². The number of rotatable bonds is 3. The molecule has 6 fully saturated rings. The Hall–Kier alpha value is -1.39. The Morgan fingerprint density at radius 1 is 0.880 bits per heavy atom. The maximum Gasteiger partial charge on any atom is 0.240 e. The van der Waals surface area contributed by atoms with E-state index in [1.807, 2.05) is 0 Å². The minimum atomic E-state index is -0.157. The zero-order valence-corrected chi connectivity index (χ0v) is 14.8. The first kappa shape index (κ1) is 15.8. The van der Waals surface area contributed by atoms with Gasteiger partial charge in [-0.15, -0.1) is 0 Å². The molecule has 5 nitrogen and oxygen atoms in total. The van der Waals surface area contributed by atoms with Crippen molar-refractivity contribution < 1.29 is 14.4 Å². The van der Waals surface area contributed by atoms with Gasteiger partial charge < -0.3 is 5.32 Å². The van der Waals surface area contributed by atoms with Crippen LogP contribution in [0, 0.1) is 35.5 Å². The molecule has 0 aromatic carbocycles. The van der Waals surface area contributed by atoms with E-state index in [9.17, 15) is 14.4 Å². The van der Waals surface area contributed by atoms with Crippen LogP contribution < -0.4 is 5.32 Å². The lowest BCUT2D eigenvalue weighted by Crippen LogP contribution is -2.57. The predicted molar refractivity (Wildman–Crippen MR) is 91.1 cm³/mol. The number of likely N-dealkylation sites (tertiary alicyclic amines) is 1. The molecule has 1 aliphatic heterocycles. The molecule has 3 amide bonds. The van der Waals surface area contributed by atoms with Gasteiger partial charge in [0.1, 0.15) is 6.54 Å². The Bertz CT molecular complexity index is 564. The summed E-state index contributed by atoms with van der Waals surface area (Å²) in [5.41, 5.74) is 0. The summed E-state index contributed by atoms with van der Waals surface area (Å²) in [7, 11) is 0. The fourth-order valence-electron chi connectivity index (χ4n) is 6.92. The molecular formula is C20H28N2O3. The van der Waals surface area contributed by atoms with E-state index in [-0.39, 0.29) is 42.1 Å². The predicted octanol–water partition coefficient (Wildman–Crippen LogP) is 2.10. The number of amides is 3. The highest BCUT2D eigenvalue weighted by Crippen LogP contribution is 2.53. The molecule has 0 radical (unpaired) electrons. The fourth-order valence-corrected chi connectivity index (χ4v) is 6.92. The molecule has 6 rings (SSSR count). The number of carbonyl (C=O) groups excluding carboxylic acids is 3. The van der Waals surface area contributed by atoms with Crippen molar-refractivity contribution in [2.45, 2.75) is 63.8 Å². The topological polar surface area (TPSA) is 66.5 Å². The summed E-state index contributed by atoms with van der Waals surface area (Å²) >= 11 is 0. The number of hydrogen-bond acceptors (Lipinski definition) is 3. The van der Waals surface area contributed by atoms with Gasteiger partial charge in [0.2, 0.25) is 17.7 Å². The fraction of sp³-hybridized carbons (Fsp3) is 0.850. The Morgan fingerprint density at radius 2 is 1.40 bits per heavy atom. The zero-order valence-electron chi connectivity index (χ0n) is 14.8. The largest absolute Gasteiger partial charge is 0.351 e. The van der Waals surface area contributed by atoms with Crippen molar-refractivity contribution in [2.24, 2.45) is 35.5 Å². The molecule has 1 heterocycles. The van der Waals surface area contributed by atoms with Crippen molar-refractivity contribution in [3.05, 3.63) is 0 Å². The minimum absolute atomic E-state index is 0.0620. The van der Waals surface area contributed by atoms with Gasteiger partial charge in [0.25, 0.3) is 0 Å². The van der Waals surface area contributed by atoms with Gasteiger partial charge in [0.05, 0.1) is 11.8 Å². The average Bonchev–Trinajstić information content (AvgIpc) is 2.83. The number of hydrogen-bond donors (Lipinski definition) is 1. The highest BCUT2D eigenvalue weighted by molar-refractivity contribution is 6.07. The Kier molecular flexibility index (Phi) is 3.68. The van der Waals surface area contributed by atoms with E-state index in [1.54, 1.807) is 0 Å². The van der Waals surface area contributed by atoms with E-state index in [0.29, 0.717) is 11.8 Å². The van der Waals surface area contributed by atoms with Crippen molar-refractivity contribution in [3.63, 3.8) is 0 Å². The number of imide groups is 1. The summed E-state index contributed by atoms with van der Waals surface area (Å²) < 4.78 is 0. The lowest BCUT2D eigenvalue weighted by atomic mass is 9.54. The summed E-state index contributed by atoms with van der Waals surface area (Å²) in [5.74, 6) is 2.34. The molecule has 1 N–H and O–H groups in total. The molecule has 2 unspecified atom stereocenters. The molecule has 2 atom stereocenters. The van der Waals surface area contributed by atoms with Crippen molar-refractivity contribution in [1.82, 2.24) is 10.2 Å². The van der Waals surface area contributed by atoms with Crippen LogP contribution in [-0.4, -0.2) is 35.2 Å². The Balaban J connectivity index is 1.24. The highest BCUT2D eigenvalue weighted by Gasteiger charge is 2.50.